The van der Waals surface area contributed by atoms with Gasteiger partial charge in [0.15, 0.2) is 0 Å². The van der Waals surface area contributed by atoms with E-state index in [4.69, 9.17) is 0 Å². The van der Waals surface area contributed by atoms with Crippen molar-refractivity contribution in [1.82, 2.24) is 15.5 Å². The van der Waals surface area contributed by atoms with Crippen molar-refractivity contribution in [2.45, 2.75) is 12.6 Å². The van der Waals surface area contributed by atoms with Crippen LogP contribution in [-0.4, -0.2) is 43.5 Å². The van der Waals surface area contributed by atoms with E-state index in [1.807, 2.05) is 24.6 Å². The number of likely N-dealkylation sites (N-methyl/N-ethyl adjacent to an activating group) is 1. The quantitative estimate of drug-likeness (QED) is 0.831. The lowest BCUT2D eigenvalue weighted by atomic mass is 10.1. The monoisotopic (exact) mass is 275 g/mol. The molecular formula is C11H18ClN3OS. The van der Waals surface area contributed by atoms with Gasteiger partial charge in [-0.25, -0.2) is 0 Å². The van der Waals surface area contributed by atoms with Crippen LogP contribution in [0.2, 0.25) is 0 Å². The summed E-state index contributed by atoms with van der Waals surface area (Å²) in [5.41, 5.74) is 0. The number of amides is 1. The Hall–Kier alpha value is -0.620. The van der Waals surface area contributed by atoms with Gasteiger partial charge in [0.05, 0.1) is 13.1 Å². The Morgan fingerprint density at radius 3 is 2.94 bits per heavy atom. The van der Waals surface area contributed by atoms with E-state index in [2.05, 4.69) is 15.5 Å². The van der Waals surface area contributed by atoms with Crippen molar-refractivity contribution in [2.75, 3.05) is 26.7 Å². The van der Waals surface area contributed by atoms with E-state index in [1.165, 1.54) is 4.88 Å². The second-order valence-corrected chi connectivity index (χ2v) is 5.12. The van der Waals surface area contributed by atoms with Crippen molar-refractivity contribution in [2.24, 2.45) is 0 Å². The van der Waals surface area contributed by atoms with Crippen LogP contribution in [0.3, 0.4) is 0 Å². The average molecular weight is 276 g/mol. The maximum Gasteiger partial charge on any atom is 0.234 e. The van der Waals surface area contributed by atoms with Crippen LogP contribution in [-0.2, 0) is 11.3 Å². The molecule has 6 heteroatoms. The van der Waals surface area contributed by atoms with Crippen LogP contribution in [0.4, 0.5) is 0 Å². The number of thiophene rings is 1. The summed E-state index contributed by atoms with van der Waals surface area (Å²) in [5, 5.41) is 8.15. The third-order valence-electron chi connectivity index (χ3n) is 2.82. The van der Waals surface area contributed by atoms with Gasteiger partial charge in [-0.3, -0.25) is 9.69 Å². The van der Waals surface area contributed by atoms with E-state index in [0.717, 1.165) is 13.1 Å². The van der Waals surface area contributed by atoms with E-state index in [1.54, 1.807) is 11.3 Å². The summed E-state index contributed by atoms with van der Waals surface area (Å²) in [6.45, 7) is 3.12. The standard InChI is InChI=1S/C11H17N3OS.ClH/c1-14(9-5-12-6-9)8-11(15)13-7-10-3-2-4-16-10;/h2-4,9,12H,5-8H2,1H3,(H,13,15);1H. The van der Waals surface area contributed by atoms with Crippen molar-refractivity contribution in [3.8, 4) is 0 Å². The van der Waals surface area contributed by atoms with Gasteiger partial charge < -0.3 is 10.6 Å². The fourth-order valence-corrected chi connectivity index (χ4v) is 2.24. The summed E-state index contributed by atoms with van der Waals surface area (Å²) in [6, 6.07) is 4.55. The molecule has 1 saturated heterocycles. The zero-order valence-corrected chi connectivity index (χ0v) is 11.4. The van der Waals surface area contributed by atoms with E-state index >= 15 is 0 Å². The Balaban J connectivity index is 0.00000144. The first-order valence-corrected chi connectivity index (χ1v) is 6.33. The number of hydrogen-bond acceptors (Lipinski definition) is 4. The molecule has 1 aliphatic rings. The van der Waals surface area contributed by atoms with Gasteiger partial charge in [0.1, 0.15) is 0 Å². The van der Waals surface area contributed by atoms with Crippen LogP contribution in [0.15, 0.2) is 17.5 Å². The van der Waals surface area contributed by atoms with Crippen molar-refractivity contribution < 1.29 is 4.79 Å². The predicted molar refractivity (Wildman–Crippen MR) is 72.7 cm³/mol. The zero-order valence-electron chi connectivity index (χ0n) is 9.81. The third kappa shape index (κ3) is 4.27. The highest BCUT2D eigenvalue weighted by atomic mass is 35.5. The Morgan fingerprint density at radius 2 is 2.41 bits per heavy atom. The molecule has 1 amide bonds. The Bertz CT molecular complexity index is 340. The molecule has 1 aliphatic heterocycles. The first-order chi connectivity index (χ1) is 7.75. The molecule has 0 radical (unpaired) electrons. The molecule has 2 heterocycles. The second kappa shape index (κ2) is 6.96. The van der Waals surface area contributed by atoms with E-state index < -0.39 is 0 Å². The summed E-state index contributed by atoms with van der Waals surface area (Å²) in [6.07, 6.45) is 0. The van der Waals surface area contributed by atoms with Crippen LogP contribution in [0.5, 0.6) is 0 Å². The minimum Gasteiger partial charge on any atom is -0.350 e. The Kier molecular flexibility index (Phi) is 5.91. The largest absolute Gasteiger partial charge is 0.350 e. The van der Waals surface area contributed by atoms with Gasteiger partial charge in [-0.15, -0.1) is 23.7 Å². The number of carbonyl (C=O) groups is 1. The third-order valence-corrected chi connectivity index (χ3v) is 3.69. The maximum absolute atomic E-state index is 11.6. The summed E-state index contributed by atoms with van der Waals surface area (Å²) in [5.74, 6) is 0.0998. The Morgan fingerprint density at radius 1 is 1.65 bits per heavy atom. The van der Waals surface area contributed by atoms with E-state index in [9.17, 15) is 4.79 Å². The van der Waals surface area contributed by atoms with Gasteiger partial charge in [0.2, 0.25) is 5.91 Å². The number of nitrogens with zero attached hydrogens (tertiary/aromatic N) is 1. The predicted octanol–water partition coefficient (Wildman–Crippen LogP) is 0.690. The van der Waals surface area contributed by atoms with Crippen LogP contribution in [0, 0.1) is 0 Å². The molecule has 0 aromatic carbocycles. The summed E-state index contributed by atoms with van der Waals surface area (Å²) in [7, 11) is 2.00. The molecule has 0 unspecified atom stereocenters. The van der Waals surface area contributed by atoms with Gasteiger partial charge >= 0.3 is 0 Å². The number of nitrogens with one attached hydrogen (secondary N) is 2. The molecule has 1 fully saturated rings. The normalized spacial score (nSPS) is 15.2. The molecule has 0 saturated carbocycles. The van der Waals surface area contributed by atoms with Gasteiger partial charge in [0.25, 0.3) is 0 Å². The molecule has 0 spiro atoms. The first-order valence-electron chi connectivity index (χ1n) is 5.46. The molecular weight excluding hydrogens is 258 g/mol. The Labute approximate surface area is 112 Å². The highest BCUT2D eigenvalue weighted by Gasteiger charge is 2.22. The molecule has 2 N–H and O–H groups in total. The van der Waals surface area contributed by atoms with Crippen molar-refractivity contribution in [3.05, 3.63) is 22.4 Å². The van der Waals surface area contributed by atoms with Crippen LogP contribution in [0.1, 0.15) is 4.88 Å². The molecule has 4 nitrogen and oxygen atoms in total. The van der Waals surface area contributed by atoms with Crippen LogP contribution < -0.4 is 10.6 Å². The zero-order chi connectivity index (χ0) is 11.4. The number of halogens is 1. The summed E-state index contributed by atoms with van der Waals surface area (Å²) >= 11 is 1.67. The molecule has 1 aromatic heterocycles. The average Bonchev–Trinajstić information content (AvgIpc) is 2.63. The van der Waals surface area contributed by atoms with Gasteiger partial charge in [-0.05, 0) is 18.5 Å². The topological polar surface area (TPSA) is 44.4 Å². The molecule has 1 aromatic rings. The molecule has 2 rings (SSSR count). The van der Waals surface area contributed by atoms with Gasteiger partial charge in [-0.1, -0.05) is 6.07 Å². The second-order valence-electron chi connectivity index (χ2n) is 4.08. The number of carbonyl (C=O) groups excluding carboxylic acids is 1. The van der Waals surface area contributed by atoms with E-state index in [0.29, 0.717) is 19.1 Å². The summed E-state index contributed by atoms with van der Waals surface area (Å²) < 4.78 is 0. The van der Waals surface area contributed by atoms with Crippen LogP contribution >= 0.6 is 23.7 Å². The lowest BCUT2D eigenvalue weighted by Gasteiger charge is -2.35. The summed E-state index contributed by atoms with van der Waals surface area (Å²) in [4.78, 5) is 14.9. The molecule has 96 valence electrons. The molecule has 0 bridgehead atoms. The van der Waals surface area contributed by atoms with Gasteiger partial charge in [0, 0.05) is 24.0 Å². The minimum atomic E-state index is 0. The molecule has 0 aliphatic carbocycles. The van der Waals surface area contributed by atoms with Crippen LogP contribution in [0.25, 0.3) is 0 Å². The SMILES string of the molecule is CN(CC(=O)NCc1cccs1)C1CNC1.Cl. The number of rotatable bonds is 5. The number of hydrogen-bond donors (Lipinski definition) is 2. The van der Waals surface area contributed by atoms with Crippen molar-refractivity contribution >= 4 is 29.7 Å². The highest BCUT2D eigenvalue weighted by molar-refractivity contribution is 7.09. The van der Waals surface area contributed by atoms with Gasteiger partial charge in [-0.2, -0.15) is 0 Å². The lowest BCUT2D eigenvalue weighted by Crippen LogP contribution is -2.57. The smallest absolute Gasteiger partial charge is 0.234 e. The van der Waals surface area contributed by atoms with Crippen molar-refractivity contribution in [3.63, 3.8) is 0 Å². The van der Waals surface area contributed by atoms with Crippen molar-refractivity contribution in [1.29, 1.82) is 0 Å². The maximum atomic E-state index is 11.6. The minimum absolute atomic E-state index is 0. The fourth-order valence-electron chi connectivity index (χ4n) is 1.60. The lowest BCUT2D eigenvalue weighted by molar-refractivity contribution is -0.122. The fraction of sp³-hybridized carbons (Fsp3) is 0.545. The molecule has 0 atom stereocenters. The first kappa shape index (κ1) is 14.4. The highest BCUT2D eigenvalue weighted by Crippen LogP contribution is 2.07. The van der Waals surface area contributed by atoms with E-state index in [-0.39, 0.29) is 18.3 Å². The molecule has 17 heavy (non-hydrogen) atoms.